The van der Waals surface area contributed by atoms with Crippen molar-refractivity contribution in [2.75, 3.05) is 32.7 Å². The third kappa shape index (κ3) is 3.49. The highest BCUT2D eigenvalue weighted by Crippen LogP contribution is 2.08. The van der Waals surface area contributed by atoms with E-state index >= 15 is 0 Å². The number of nitrogens with zero attached hydrogens (tertiary/aromatic N) is 4. The molecule has 0 bridgehead atoms. The number of carbonyl (C=O) groups excluding carboxylic acids is 1. The first-order valence-corrected chi connectivity index (χ1v) is 7.35. The fourth-order valence-corrected chi connectivity index (χ4v) is 2.61. The van der Waals surface area contributed by atoms with E-state index in [-0.39, 0.29) is 5.91 Å². The molecule has 1 aliphatic heterocycles. The summed E-state index contributed by atoms with van der Waals surface area (Å²) in [6.45, 7) is 5.44. The van der Waals surface area contributed by atoms with Crippen LogP contribution in [0.5, 0.6) is 0 Å². The molecule has 1 aromatic heterocycles. The third-order valence-corrected chi connectivity index (χ3v) is 3.91. The topological polar surface area (TPSA) is 41.4 Å². The van der Waals surface area contributed by atoms with Gasteiger partial charge < -0.3 is 9.47 Å². The normalized spacial score (nSPS) is 16.1. The fourth-order valence-electron chi connectivity index (χ4n) is 2.61. The van der Waals surface area contributed by atoms with E-state index in [4.69, 9.17) is 0 Å². The Bertz CT molecular complexity index is 559. The summed E-state index contributed by atoms with van der Waals surface area (Å²) >= 11 is 0. The molecule has 0 radical (unpaired) electrons. The highest BCUT2D eigenvalue weighted by molar-refractivity contribution is 5.94. The molecule has 1 amide bonds. The Kier molecular flexibility index (Phi) is 4.31. The van der Waals surface area contributed by atoms with Crippen LogP contribution in [0.15, 0.2) is 49.1 Å². The maximum Gasteiger partial charge on any atom is 0.253 e. The molecule has 3 rings (SSSR count). The fraction of sp³-hybridized carbons (Fsp3) is 0.375. The molecule has 0 N–H and O–H groups in total. The summed E-state index contributed by atoms with van der Waals surface area (Å²) in [5.74, 6) is 0.143. The average Bonchev–Trinajstić information content (AvgIpc) is 3.07. The van der Waals surface area contributed by atoms with E-state index in [1.165, 1.54) is 0 Å². The van der Waals surface area contributed by atoms with Crippen LogP contribution in [-0.4, -0.2) is 58.0 Å². The van der Waals surface area contributed by atoms with Crippen molar-refractivity contribution in [3.05, 3.63) is 54.6 Å². The van der Waals surface area contributed by atoms with Crippen molar-refractivity contribution < 1.29 is 4.79 Å². The van der Waals surface area contributed by atoms with E-state index in [1.54, 1.807) is 6.20 Å². The minimum absolute atomic E-state index is 0.143. The molecule has 0 atom stereocenters. The van der Waals surface area contributed by atoms with Crippen LogP contribution in [-0.2, 0) is 6.54 Å². The van der Waals surface area contributed by atoms with Gasteiger partial charge >= 0.3 is 0 Å². The van der Waals surface area contributed by atoms with Crippen molar-refractivity contribution in [1.82, 2.24) is 19.4 Å². The van der Waals surface area contributed by atoms with Gasteiger partial charge in [0.25, 0.3) is 5.91 Å². The first-order valence-electron chi connectivity index (χ1n) is 7.35. The lowest BCUT2D eigenvalue weighted by Crippen LogP contribution is -2.49. The zero-order valence-corrected chi connectivity index (χ0v) is 12.1. The number of carbonyl (C=O) groups is 1. The van der Waals surface area contributed by atoms with Crippen LogP contribution in [0.25, 0.3) is 0 Å². The monoisotopic (exact) mass is 284 g/mol. The van der Waals surface area contributed by atoms with Crippen molar-refractivity contribution in [1.29, 1.82) is 0 Å². The SMILES string of the molecule is O=C(c1ccccc1)N1CCN(CCn2ccnc2)CC1. The predicted molar refractivity (Wildman–Crippen MR) is 81.0 cm³/mol. The van der Waals surface area contributed by atoms with E-state index in [2.05, 4.69) is 14.5 Å². The van der Waals surface area contributed by atoms with Crippen LogP contribution >= 0.6 is 0 Å². The molecule has 0 saturated carbocycles. The highest BCUT2D eigenvalue weighted by atomic mass is 16.2. The Morgan fingerprint density at radius 1 is 1.05 bits per heavy atom. The zero-order valence-electron chi connectivity index (χ0n) is 12.1. The summed E-state index contributed by atoms with van der Waals surface area (Å²) in [5, 5.41) is 0. The second-order valence-corrected chi connectivity index (χ2v) is 5.30. The van der Waals surface area contributed by atoms with Crippen molar-refractivity contribution in [2.45, 2.75) is 6.54 Å². The summed E-state index contributed by atoms with van der Waals surface area (Å²) in [6.07, 6.45) is 5.63. The molecule has 0 unspecified atom stereocenters. The Morgan fingerprint density at radius 3 is 2.48 bits per heavy atom. The summed E-state index contributed by atoms with van der Waals surface area (Å²) in [7, 11) is 0. The minimum Gasteiger partial charge on any atom is -0.336 e. The van der Waals surface area contributed by atoms with Gasteiger partial charge in [-0.3, -0.25) is 9.69 Å². The van der Waals surface area contributed by atoms with Gasteiger partial charge in [-0.15, -0.1) is 0 Å². The molecule has 1 saturated heterocycles. The van der Waals surface area contributed by atoms with Gasteiger partial charge in [-0.1, -0.05) is 18.2 Å². The van der Waals surface area contributed by atoms with E-state index < -0.39 is 0 Å². The molecular weight excluding hydrogens is 264 g/mol. The first kappa shape index (κ1) is 13.8. The number of hydrogen-bond donors (Lipinski definition) is 0. The number of rotatable bonds is 4. The molecular formula is C16H20N4O. The molecule has 2 aromatic rings. The van der Waals surface area contributed by atoms with Gasteiger partial charge in [0.15, 0.2) is 0 Å². The average molecular weight is 284 g/mol. The Morgan fingerprint density at radius 2 is 1.81 bits per heavy atom. The van der Waals surface area contributed by atoms with Crippen LogP contribution in [0.4, 0.5) is 0 Å². The van der Waals surface area contributed by atoms with Gasteiger partial charge in [-0.25, -0.2) is 4.98 Å². The van der Waals surface area contributed by atoms with Crippen LogP contribution in [0.3, 0.4) is 0 Å². The lowest BCUT2D eigenvalue weighted by molar-refractivity contribution is 0.0633. The van der Waals surface area contributed by atoms with E-state index in [9.17, 15) is 4.79 Å². The Labute approximate surface area is 124 Å². The number of piperazine rings is 1. The minimum atomic E-state index is 0.143. The van der Waals surface area contributed by atoms with Crippen LogP contribution in [0.1, 0.15) is 10.4 Å². The number of aromatic nitrogens is 2. The Hall–Kier alpha value is -2.14. The molecule has 1 aliphatic rings. The molecule has 0 spiro atoms. The standard InChI is InChI=1S/C16H20N4O/c21-16(15-4-2-1-3-5-15)20-12-10-18(11-13-20)8-9-19-7-6-17-14-19/h1-7,14H,8-13H2. The van der Waals surface area contributed by atoms with Gasteiger partial charge in [0, 0.05) is 57.2 Å². The lowest BCUT2D eigenvalue weighted by Gasteiger charge is -2.34. The summed E-state index contributed by atoms with van der Waals surface area (Å²) in [6, 6.07) is 9.52. The number of benzene rings is 1. The van der Waals surface area contributed by atoms with Crippen LogP contribution in [0.2, 0.25) is 0 Å². The summed E-state index contributed by atoms with van der Waals surface area (Å²) < 4.78 is 2.08. The largest absolute Gasteiger partial charge is 0.336 e. The number of imidazole rings is 1. The Balaban J connectivity index is 1.47. The van der Waals surface area contributed by atoms with Gasteiger partial charge in [-0.05, 0) is 12.1 Å². The third-order valence-electron chi connectivity index (χ3n) is 3.91. The summed E-state index contributed by atoms with van der Waals surface area (Å²) in [4.78, 5) is 20.7. The molecule has 5 heteroatoms. The predicted octanol–water partition coefficient (Wildman–Crippen LogP) is 1.34. The van der Waals surface area contributed by atoms with Crippen LogP contribution < -0.4 is 0 Å². The zero-order chi connectivity index (χ0) is 14.5. The smallest absolute Gasteiger partial charge is 0.253 e. The number of amides is 1. The van der Waals surface area contributed by atoms with E-state index in [0.29, 0.717) is 0 Å². The molecule has 21 heavy (non-hydrogen) atoms. The van der Waals surface area contributed by atoms with E-state index in [0.717, 1.165) is 44.8 Å². The number of hydrogen-bond acceptors (Lipinski definition) is 3. The second kappa shape index (κ2) is 6.54. The van der Waals surface area contributed by atoms with Crippen molar-refractivity contribution in [3.8, 4) is 0 Å². The van der Waals surface area contributed by atoms with Gasteiger partial charge in [0.1, 0.15) is 0 Å². The maximum atomic E-state index is 12.3. The van der Waals surface area contributed by atoms with Gasteiger partial charge in [0.05, 0.1) is 6.33 Å². The molecule has 2 heterocycles. The highest BCUT2D eigenvalue weighted by Gasteiger charge is 2.21. The first-order chi connectivity index (χ1) is 10.3. The second-order valence-electron chi connectivity index (χ2n) is 5.30. The summed E-state index contributed by atoms with van der Waals surface area (Å²) in [5.41, 5.74) is 0.782. The van der Waals surface area contributed by atoms with Gasteiger partial charge in [-0.2, -0.15) is 0 Å². The van der Waals surface area contributed by atoms with Crippen LogP contribution in [0, 0.1) is 0 Å². The molecule has 110 valence electrons. The maximum absolute atomic E-state index is 12.3. The van der Waals surface area contributed by atoms with Crippen molar-refractivity contribution in [2.24, 2.45) is 0 Å². The quantitative estimate of drug-likeness (QED) is 0.851. The molecule has 5 nitrogen and oxygen atoms in total. The molecule has 1 fully saturated rings. The van der Waals surface area contributed by atoms with Crippen molar-refractivity contribution in [3.63, 3.8) is 0 Å². The van der Waals surface area contributed by atoms with Gasteiger partial charge in [0.2, 0.25) is 0 Å². The molecule has 1 aromatic carbocycles. The molecule has 0 aliphatic carbocycles. The van der Waals surface area contributed by atoms with E-state index in [1.807, 2.05) is 47.8 Å². The lowest BCUT2D eigenvalue weighted by atomic mass is 10.2. The van der Waals surface area contributed by atoms with Crippen molar-refractivity contribution >= 4 is 5.91 Å².